The number of thiophene rings is 1. The van der Waals surface area contributed by atoms with Gasteiger partial charge >= 0.3 is 5.97 Å². The molecular formula is C25H26N2O6S. The molecule has 178 valence electrons. The van der Waals surface area contributed by atoms with E-state index in [0.717, 1.165) is 4.88 Å². The third-order valence-corrected chi connectivity index (χ3v) is 6.12. The van der Waals surface area contributed by atoms with Crippen molar-refractivity contribution in [1.29, 1.82) is 0 Å². The maximum Gasteiger partial charge on any atom is 0.341 e. The Morgan fingerprint density at radius 1 is 1.09 bits per heavy atom. The molecule has 0 aliphatic heterocycles. The van der Waals surface area contributed by atoms with E-state index in [0.29, 0.717) is 27.8 Å². The summed E-state index contributed by atoms with van der Waals surface area (Å²) in [5, 5.41) is 14.1. The molecule has 0 aliphatic rings. The van der Waals surface area contributed by atoms with Crippen molar-refractivity contribution in [1.82, 2.24) is 0 Å². The first-order valence-corrected chi connectivity index (χ1v) is 11.6. The lowest BCUT2D eigenvalue weighted by Gasteiger charge is -2.11. The maximum atomic E-state index is 12.8. The van der Waals surface area contributed by atoms with Crippen molar-refractivity contribution in [3.8, 4) is 16.9 Å². The molecule has 9 heteroatoms. The lowest BCUT2D eigenvalue weighted by Crippen LogP contribution is -2.21. The Labute approximate surface area is 201 Å². The van der Waals surface area contributed by atoms with Crippen LogP contribution in [0.25, 0.3) is 11.1 Å². The second kappa shape index (κ2) is 10.9. The molecule has 1 amide bonds. The number of nitrogens with zero attached hydrogens (tertiary/aromatic N) is 1. The summed E-state index contributed by atoms with van der Waals surface area (Å²) in [6.07, 6.45) is 0. The number of nitrogens with one attached hydrogen (secondary N) is 1. The van der Waals surface area contributed by atoms with E-state index in [9.17, 15) is 19.7 Å². The van der Waals surface area contributed by atoms with Crippen LogP contribution < -0.4 is 10.1 Å². The predicted molar refractivity (Wildman–Crippen MR) is 132 cm³/mol. The van der Waals surface area contributed by atoms with Crippen molar-refractivity contribution >= 4 is 33.9 Å². The second-order valence-corrected chi connectivity index (χ2v) is 9.05. The number of hydrogen-bond acceptors (Lipinski definition) is 7. The fourth-order valence-electron chi connectivity index (χ4n) is 3.39. The zero-order valence-corrected chi connectivity index (χ0v) is 20.2. The molecule has 0 unspecified atom stereocenters. The molecule has 0 aliphatic carbocycles. The van der Waals surface area contributed by atoms with Crippen LogP contribution in [0.1, 0.15) is 47.5 Å². The van der Waals surface area contributed by atoms with Crippen LogP contribution in [0, 0.1) is 17.0 Å². The van der Waals surface area contributed by atoms with E-state index in [1.807, 2.05) is 31.2 Å². The Morgan fingerprint density at radius 3 is 2.29 bits per heavy atom. The average Bonchev–Trinajstić information content (AvgIpc) is 3.13. The predicted octanol–water partition coefficient (Wildman–Crippen LogP) is 5.95. The van der Waals surface area contributed by atoms with E-state index in [2.05, 4.69) is 19.2 Å². The fourth-order valence-corrected chi connectivity index (χ4v) is 4.47. The van der Waals surface area contributed by atoms with Crippen molar-refractivity contribution in [3.63, 3.8) is 0 Å². The van der Waals surface area contributed by atoms with Gasteiger partial charge in [-0.3, -0.25) is 14.9 Å². The molecule has 0 fully saturated rings. The smallest absolute Gasteiger partial charge is 0.341 e. The second-order valence-electron chi connectivity index (χ2n) is 7.82. The summed E-state index contributed by atoms with van der Waals surface area (Å²) in [5.74, 6) is -0.0413. The van der Waals surface area contributed by atoms with Gasteiger partial charge in [-0.25, -0.2) is 4.79 Å². The fraction of sp³-hybridized carbons (Fsp3) is 0.280. The normalized spacial score (nSPS) is 10.7. The van der Waals surface area contributed by atoms with Gasteiger partial charge in [0.1, 0.15) is 16.3 Å². The number of rotatable bonds is 9. The molecule has 8 nitrogen and oxygen atoms in total. The molecule has 2 aromatic carbocycles. The van der Waals surface area contributed by atoms with E-state index < -0.39 is 16.8 Å². The quantitative estimate of drug-likeness (QED) is 0.229. The molecule has 0 radical (unpaired) electrons. The number of nitro benzene ring substituents is 1. The first-order chi connectivity index (χ1) is 16.2. The van der Waals surface area contributed by atoms with Crippen LogP contribution in [0.4, 0.5) is 10.7 Å². The molecule has 0 atom stereocenters. The minimum atomic E-state index is -0.583. The Hall–Kier alpha value is -3.72. The molecule has 34 heavy (non-hydrogen) atoms. The van der Waals surface area contributed by atoms with Crippen LogP contribution in [0.3, 0.4) is 0 Å². The summed E-state index contributed by atoms with van der Waals surface area (Å²) in [5.41, 5.74) is 2.52. The highest BCUT2D eigenvalue weighted by Crippen LogP contribution is 2.40. The first kappa shape index (κ1) is 24.9. The van der Waals surface area contributed by atoms with Crippen LogP contribution in [-0.4, -0.2) is 30.0 Å². The third-order valence-electron chi connectivity index (χ3n) is 5.10. The standard InChI is InChI=1S/C25H26N2O6S/c1-5-32-25(29)23-22(18-6-10-19(11-7-18)27(30)31)16(4)34-24(23)26-21(28)14-33-20-12-8-17(9-13-20)15(2)3/h6-13,15H,5,14H2,1-4H3,(H,26,28). The van der Waals surface area contributed by atoms with Crippen molar-refractivity contribution in [3.05, 3.63) is 74.6 Å². The summed E-state index contributed by atoms with van der Waals surface area (Å²) >= 11 is 1.23. The van der Waals surface area contributed by atoms with Gasteiger partial charge in [-0.15, -0.1) is 11.3 Å². The maximum absolute atomic E-state index is 12.8. The number of anilines is 1. The van der Waals surface area contributed by atoms with Gasteiger partial charge in [-0.05, 0) is 55.2 Å². The Bertz CT molecular complexity index is 1180. The molecule has 0 saturated carbocycles. The van der Waals surface area contributed by atoms with Gasteiger partial charge in [0.15, 0.2) is 6.61 Å². The molecular weight excluding hydrogens is 456 g/mol. The molecule has 0 spiro atoms. The number of carbonyl (C=O) groups excluding carboxylic acids is 2. The van der Waals surface area contributed by atoms with Crippen molar-refractivity contribution in [2.75, 3.05) is 18.5 Å². The molecule has 1 aromatic heterocycles. The molecule has 0 saturated heterocycles. The van der Waals surface area contributed by atoms with Gasteiger partial charge in [0.2, 0.25) is 0 Å². The monoisotopic (exact) mass is 482 g/mol. The van der Waals surface area contributed by atoms with Gasteiger partial charge in [0, 0.05) is 22.6 Å². The Balaban J connectivity index is 1.82. The Kier molecular flexibility index (Phi) is 8.01. The summed E-state index contributed by atoms with van der Waals surface area (Å²) in [6, 6.07) is 13.4. The van der Waals surface area contributed by atoms with E-state index in [1.54, 1.807) is 19.1 Å². The van der Waals surface area contributed by atoms with E-state index in [1.165, 1.54) is 29.0 Å². The summed E-state index contributed by atoms with van der Waals surface area (Å²) in [4.78, 5) is 36.7. The average molecular weight is 483 g/mol. The topological polar surface area (TPSA) is 108 Å². The first-order valence-electron chi connectivity index (χ1n) is 10.8. The van der Waals surface area contributed by atoms with Crippen molar-refractivity contribution < 1.29 is 24.0 Å². The van der Waals surface area contributed by atoms with Crippen LogP contribution in [0.15, 0.2) is 48.5 Å². The van der Waals surface area contributed by atoms with E-state index in [-0.39, 0.29) is 24.5 Å². The van der Waals surface area contributed by atoms with Crippen LogP contribution in [0.2, 0.25) is 0 Å². The third kappa shape index (κ3) is 5.79. The number of non-ortho nitro benzene ring substituents is 1. The minimum absolute atomic E-state index is 0.0542. The molecule has 3 rings (SSSR count). The highest BCUT2D eigenvalue weighted by molar-refractivity contribution is 7.17. The van der Waals surface area contributed by atoms with E-state index >= 15 is 0 Å². The molecule has 3 aromatic rings. The van der Waals surface area contributed by atoms with Gasteiger partial charge in [0.25, 0.3) is 11.6 Å². The number of benzene rings is 2. The zero-order chi connectivity index (χ0) is 24.8. The van der Waals surface area contributed by atoms with Gasteiger partial charge in [0.05, 0.1) is 11.5 Å². The number of nitro groups is 1. The molecule has 1 heterocycles. The minimum Gasteiger partial charge on any atom is -0.484 e. The summed E-state index contributed by atoms with van der Waals surface area (Å²) < 4.78 is 10.8. The number of hydrogen-bond donors (Lipinski definition) is 1. The molecule has 0 bridgehead atoms. The number of esters is 1. The lowest BCUT2D eigenvalue weighted by atomic mass is 10.0. The van der Waals surface area contributed by atoms with Crippen molar-refractivity contribution in [2.45, 2.75) is 33.6 Å². The van der Waals surface area contributed by atoms with Gasteiger partial charge in [-0.1, -0.05) is 26.0 Å². The van der Waals surface area contributed by atoms with Crippen LogP contribution >= 0.6 is 11.3 Å². The number of amides is 1. The number of aryl methyl sites for hydroxylation is 1. The van der Waals surface area contributed by atoms with E-state index in [4.69, 9.17) is 9.47 Å². The van der Waals surface area contributed by atoms with Crippen molar-refractivity contribution in [2.24, 2.45) is 0 Å². The van der Waals surface area contributed by atoms with Crippen LogP contribution in [0.5, 0.6) is 5.75 Å². The number of carbonyl (C=O) groups is 2. The largest absolute Gasteiger partial charge is 0.484 e. The van der Waals surface area contributed by atoms with Gasteiger partial charge < -0.3 is 14.8 Å². The summed E-state index contributed by atoms with van der Waals surface area (Å²) in [6.45, 7) is 7.63. The van der Waals surface area contributed by atoms with Gasteiger partial charge in [-0.2, -0.15) is 0 Å². The SMILES string of the molecule is CCOC(=O)c1c(NC(=O)COc2ccc(C(C)C)cc2)sc(C)c1-c1ccc([N+](=O)[O-])cc1. The van der Waals surface area contributed by atoms with Crippen LogP contribution in [-0.2, 0) is 9.53 Å². The lowest BCUT2D eigenvalue weighted by molar-refractivity contribution is -0.384. The highest BCUT2D eigenvalue weighted by Gasteiger charge is 2.26. The zero-order valence-electron chi connectivity index (χ0n) is 19.4. The number of ether oxygens (including phenoxy) is 2. The highest BCUT2D eigenvalue weighted by atomic mass is 32.1. The molecule has 1 N–H and O–H groups in total. The Morgan fingerprint density at radius 2 is 1.74 bits per heavy atom. The summed E-state index contributed by atoms with van der Waals surface area (Å²) in [7, 11) is 0.